The van der Waals surface area contributed by atoms with E-state index in [1.54, 1.807) is 0 Å². The van der Waals surface area contributed by atoms with Gasteiger partial charge in [-0.2, -0.15) is 0 Å². The van der Waals surface area contributed by atoms with E-state index in [1.165, 1.54) is 0 Å². The quantitative estimate of drug-likeness (QED) is 0.687. The Hall–Kier alpha value is -2.59. The number of carbonyl (C=O) groups excluding carboxylic acids is 1. The summed E-state index contributed by atoms with van der Waals surface area (Å²) in [4.78, 5) is 15.4. The smallest absolute Gasteiger partial charge is 0.252 e. The Labute approximate surface area is 122 Å². The van der Waals surface area contributed by atoms with Crippen molar-refractivity contribution in [2.45, 2.75) is 13.2 Å². The Morgan fingerprint density at radius 1 is 1.10 bits per heavy atom. The van der Waals surface area contributed by atoms with Gasteiger partial charge in [-0.3, -0.25) is 4.79 Å². The number of hydrogen-bond acceptors (Lipinski definition) is 2. The molecule has 1 heterocycles. The van der Waals surface area contributed by atoms with Crippen LogP contribution in [0.25, 0.3) is 10.9 Å². The van der Waals surface area contributed by atoms with Crippen molar-refractivity contribution in [3.63, 3.8) is 0 Å². The second-order valence-electron chi connectivity index (χ2n) is 4.91. The fourth-order valence-corrected chi connectivity index (χ4v) is 2.40. The van der Waals surface area contributed by atoms with Gasteiger partial charge >= 0.3 is 0 Å². The van der Waals surface area contributed by atoms with Gasteiger partial charge in [0.2, 0.25) is 0 Å². The van der Waals surface area contributed by atoms with Crippen molar-refractivity contribution >= 4 is 16.8 Å². The highest BCUT2D eigenvalue weighted by molar-refractivity contribution is 6.06. The molecular formula is C17H16N2O2. The predicted octanol–water partition coefficient (Wildman–Crippen LogP) is 2.59. The first-order valence-electron chi connectivity index (χ1n) is 6.81. The van der Waals surface area contributed by atoms with Crippen LogP contribution in [-0.2, 0) is 13.2 Å². The zero-order valence-electron chi connectivity index (χ0n) is 11.5. The van der Waals surface area contributed by atoms with Gasteiger partial charge in [0.15, 0.2) is 0 Å². The highest BCUT2D eigenvalue weighted by Crippen LogP contribution is 2.17. The summed E-state index contributed by atoms with van der Waals surface area (Å²) >= 11 is 0. The number of fused-ring (bicyclic) bond motifs is 1. The van der Waals surface area contributed by atoms with Gasteiger partial charge in [-0.05, 0) is 29.3 Å². The number of carbonyl (C=O) groups is 1. The molecule has 0 radical (unpaired) electrons. The summed E-state index contributed by atoms with van der Waals surface area (Å²) in [6, 6.07) is 15.1. The first-order chi connectivity index (χ1) is 10.3. The van der Waals surface area contributed by atoms with E-state index in [9.17, 15) is 4.79 Å². The molecule has 4 heteroatoms. The monoisotopic (exact) mass is 280 g/mol. The SMILES string of the molecule is O=C(NCc1cccc(CO)c1)c1cccc2[nH]ccc12. The lowest BCUT2D eigenvalue weighted by Gasteiger charge is -2.07. The maximum absolute atomic E-state index is 12.3. The number of nitrogens with one attached hydrogen (secondary N) is 2. The fourth-order valence-electron chi connectivity index (χ4n) is 2.40. The molecule has 0 saturated carbocycles. The maximum atomic E-state index is 12.3. The predicted molar refractivity (Wildman–Crippen MR) is 81.8 cm³/mol. The van der Waals surface area contributed by atoms with Crippen molar-refractivity contribution in [1.82, 2.24) is 10.3 Å². The van der Waals surface area contributed by atoms with E-state index in [4.69, 9.17) is 5.11 Å². The van der Waals surface area contributed by atoms with E-state index in [1.807, 2.05) is 54.7 Å². The lowest BCUT2D eigenvalue weighted by atomic mass is 10.1. The number of amides is 1. The topological polar surface area (TPSA) is 65.1 Å². The van der Waals surface area contributed by atoms with E-state index in [-0.39, 0.29) is 12.5 Å². The Kier molecular flexibility index (Phi) is 3.71. The van der Waals surface area contributed by atoms with Crippen molar-refractivity contribution in [3.8, 4) is 0 Å². The van der Waals surface area contributed by atoms with E-state index < -0.39 is 0 Å². The average Bonchev–Trinajstić information content (AvgIpc) is 3.01. The molecule has 3 N–H and O–H groups in total. The standard InChI is InChI=1S/C17H16N2O2/c20-11-13-4-1-3-12(9-13)10-19-17(21)15-5-2-6-16-14(15)7-8-18-16/h1-9,18,20H,10-11H2,(H,19,21). The van der Waals surface area contributed by atoms with Crippen LogP contribution in [0.2, 0.25) is 0 Å². The minimum atomic E-state index is -0.102. The molecule has 0 saturated heterocycles. The number of H-pyrrole nitrogens is 1. The summed E-state index contributed by atoms with van der Waals surface area (Å²) in [5.41, 5.74) is 3.42. The molecule has 0 spiro atoms. The Bertz CT molecular complexity index is 777. The summed E-state index contributed by atoms with van der Waals surface area (Å²) in [5.74, 6) is -0.102. The van der Waals surface area contributed by atoms with Gasteiger partial charge in [-0.1, -0.05) is 30.3 Å². The van der Waals surface area contributed by atoms with Crippen LogP contribution in [0.4, 0.5) is 0 Å². The summed E-state index contributed by atoms with van der Waals surface area (Å²) in [5, 5.41) is 13.0. The second-order valence-corrected chi connectivity index (χ2v) is 4.91. The molecule has 1 amide bonds. The molecule has 0 unspecified atom stereocenters. The van der Waals surface area contributed by atoms with E-state index >= 15 is 0 Å². The molecule has 0 aliphatic rings. The number of aromatic nitrogens is 1. The third-order valence-corrected chi connectivity index (χ3v) is 3.47. The molecule has 3 aromatic rings. The van der Waals surface area contributed by atoms with Crippen LogP contribution in [0.5, 0.6) is 0 Å². The molecule has 0 bridgehead atoms. The van der Waals surface area contributed by atoms with Crippen LogP contribution in [0.15, 0.2) is 54.7 Å². The number of rotatable bonds is 4. The van der Waals surface area contributed by atoms with Crippen molar-refractivity contribution in [1.29, 1.82) is 0 Å². The summed E-state index contributed by atoms with van der Waals surface area (Å²) in [6.45, 7) is 0.442. The highest BCUT2D eigenvalue weighted by atomic mass is 16.3. The van der Waals surface area contributed by atoms with E-state index in [0.717, 1.165) is 22.0 Å². The lowest BCUT2D eigenvalue weighted by Crippen LogP contribution is -2.23. The van der Waals surface area contributed by atoms with Crippen molar-refractivity contribution in [2.75, 3.05) is 0 Å². The van der Waals surface area contributed by atoms with Gasteiger partial charge in [0, 0.05) is 29.2 Å². The van der Waals surface area contributed by atoms with Crippen LogP contribution < -0.4 is 5.32 Å². The van der Waals surface area contributed by atoms with Gasteiger partial charge in [0.25, 0.3) is 5.91 Å². The molecule has 4 nitrogen and oxygen atoms in total. The highest BCUT2D eigenvalue weighted by Gasteiger charge is 2.10. The molecule has 2 aromatic carbocycles. The fraction of sp³-hybridized carbons (Fsp3) is 0.118. The average molecular weight is 280 g/mol. The summed E-state index contributed by atoms with van der Waals surface area (Å²) in [6.07, 6.45) is 1.83. The number of benzene rings is 2. The summed E-state index contributed by atoms with van der Waals surface area (Å²) in [7, 11) is 0. The van der Waals surface area contributed by atoms with Crippen LogP contribution in [0, 0.1) is 0 Å². The zero-order chi connectivity index (χ0) is 14.7. The van der Waals surface area contributed by atoms with Crippen molar-refractivity contribution in [2.24, 2.45) is 0 Å². The number of hydrogen-bond donors (Lipinski definition) is 3. The van der Waals surface area contributed by atoms with Crippen LogP contribution >= 0.6 is 0 Å². The lowest BCUT2D eigenvalue weighted by molar-refractivity contribution is 0.0952. The normalized spacial score (nSPS) is 10.7. The molecule has 0 atom stereocenters. The minimum absolute atomic E-state index is 0.00441. The Morgan fingerprint density at radius 2 is 1.90 bits per heavy atom. The molecule has 0 aliphatic carbocycles. The molecule has 106 valence electrons. The number of aromatic amines is 1. The van der Waals surface area contributed by atoms with Crippen molar-refractivity contribution < 1.29 is 9.90 Å². The Morgan fingerprint density at radius 3 is 2.76 bits per heavy atom. The number of aliphatic hydroxyl groups is 1. The van der Waals surface area contributed by atoms with Gasteiger partial charge in [0.1, 0.15) is 0 Å². The Balaban J connectivity index is 1.76. The third-order valence-electron chi connectivity index (χ3n) is 3.47. The molecule has 1 aromatic heterocycles. The number of aliphatic hydroxyl groups excluding tert-OH is 1. The maximum Gasteiger partial charge on any atom is 0.252 e. The van der Waals surface area contributed by atoms with Crippen LogP contribution in [0.1, 0.15) is 21.5 Å². The molecule has 3 rings (SSSR count). The zero-order valence-corrected chi connectivity index (χ0v) is 11.5. The first kappa shape index (κ1) is 13.4. The van der Waals surface area contributed by atoms with Gasteiger partial charge in [-0.15, -0.1) is 0 Å². The van der Waals surface area contributed by atoms with Crippen LogP contribution in [0.3, 0.4) is 0 Å². The molecule has 0 fully saturated rings. The van der Waals surface area contributed by atoms with Crippen LogP contribution in [-0.4, -0.2) is 16.0 Å². The first-order valence-corrected chi connectivity index (χ1v) is 6.81. The summed E-state index contributed by atoms with van der Waals surface area (Å²) < 4.78 is 0. The third kappa shape index (κ3) is 2.80. The molecular weight excluding hydrogens is 264 g/mol. The van der Waals surface area contributed by atoms with Gasteiger partial charge < -0.3 is 15.4 Å². The van der Waals surface area contributed by atoms with Crippen molar-refractivity contribution in [3.05, 3.63) is 71.4 Å². The minimum Gasteiger partial charge on any atom is -0.392 e. The van der Waals surface area contributed by atoms with E-state index in [2.05, 4.69) is 10.3 Å². The molecule has 21 heavy (non-hydrogen) atoms. The van der Waals surface area contributed by atoms with Gasteiger partial charge in [0.05, 0.1) is 6.61 Å². The van der Waals surface area contributed by atoms with Gasteiger partial charge in [-0.25, -0.2) is 0 Å². The second kappa shape index (κ2) is 5.81. The molecule has 0 aliphatic heterocycles. The largest absolute Gasteiger partial charge is 0.392 e. The van der Waals surface area contributed by atoms with E-state index in [0.29, 0.717) is 12.1 Å².